The number of aliphatic hydroxyl groups excluding tert-OH is 1. The van der Waals surface area contributed by atoms with Crippen molar-refractivity contribution in [3.8, 4) is 0 Å². The summed E-state index contributed by atoms with van der Waals surface area (Å²) in [6.07, 6.45) is 4.85. The number of ketones is 1. The van der Waals surface area contributed by atoms with Crippen molar-refractivity contribution in [2.24, 2.45) is 0 Å². The predicted molar refractivity (Wildman–Crippen MR) is 160 cm³/mol. The number of aliphatic hydroxyl groups is 1. The van der Waals surface area contributed by atoms with Crippen LogP contribution in [-0.4, -0.2) is 66.9 Å². The lowest BCUT2D eigenvalue weighted by molar-refractivity contribution is -0.870. The third-order valence-corrected chi connectivity index (χ3v) is 8.76. The fraction of sp³-hybridized carbons (Fsp3) is 0.412. The Labute approximate surface area is 233 Å². The topological polar surface area (TPSA) is 43.6 Å². The van der Waals surface area contributed by atoms with Crippen LogP contribution in [-0.2, 0) is 15.6 Å². The summed E-state index contributed by atoms with van der Waals surface area (Å²) < 4.78 is 3.04. The van der Waals surface area contributed by atoms with Crippen molar-refractivity contribution < 1.29 is 19.0 Å². The summed E-state index contributed by atoms with van der Waals surface area (Å²) in [7, 11) is 8.67. The van der Waals surface area contributed by atoms with Gasteiger partial charge in [-0.25, -0.2) is 0 Å². The number of hydrogen-bond acceptors (Lipinski definition) is 3. The number of quaternary nitrogens is 1. The van der Waals surface area contributed by atoms with Gasteiger partial charge in [0, 0.05) is 47.5 Å². The van der Waals surface area contributed by atoms with Crippen LogP contribution in [0.1, 0.15) is 50.8 Å². The molecular weight excluding hydrogens is 482 g/mol. The van der Waals surface area contributed by atoms with E-state index in [-0.39, 0.29) is 22.4 Å². The van der Waals surface area contributed by atoms with Crippen molar-refractivity contribution in [2.45, 2.75) is 51.9 Å². The first-order valence-electron chi connectivity index (χ1n) is 14.0. The van der Waals surface area contributed by atoms with Crippen LogP contribution < -0.4 is 4.90 Å². The highest BCUT2D eigenvalue weighted by molar-refractivity contribution is 6.24. The summed E-state index contributed by atoms with van der Waals surface area (Å²) in [5.74, 6) is -0.00342. The fourth-order valence-corrected chi connectivity index (χ4v) is 6.44. The first-order chi connectivity index (χ1) is 18.1. The molecule has 5 heteroatoms. The largest absolute Gasteiger partial charge is 0.506 e. The minimum Gasteiger partial charge on any atom is -0.506 e. The molecule has 5 nitrogen and oxygen atoms in total. The predicted octanol–water partition coefficient (Wildman–Crippen LogP) is 6.10. The van der Waals surface area contributed by atoms with Crippen LogP contribution in [0.4, 0.5) is 11.4 Å². The molecule has 1 N–H and O–H groups in total. The maximum Gasteiger partial charge on any atom is 0.209 e. The van der Waals surface area contributed by atoms with E-state index >= 15 is 0 Å². The summed E-state index contributed by atoms with van der Waals surface area (Å²) in [5, 5.41) is 11.2. The number of allylic oxidation sites excluding steroid dienone is 5. The average molecular weight is 526 g/mol. The number of aryl methyl sites for hydroxylation is 1. The third-order valence-electron chi connectivity index (χ3n) is 8.76. The Morgan fingerprint density at radius 1 is 0.974 bits per heavy atom. The Hall–Kier alpha value is -3.44. The van der Waals surface area contributed by atoms with Crippen LogP contribution in [0.15, 0.2) is 77.2 Å². The number of carbonyl (C=O) groups is 1. The summed E-state index contributed by atoms with van der Waals surface area (Å²) in [5.41, 5.74) is 8.38. The van der Waals surface area contributed by atoms with E-state index in [2.05, 4.69) is 102 Å². The monoisotopic (exact) mass is 525 g/mol. The molecule has 5 rings (SSSR count). The maximum absolute atomic E-state index is 13.5. The molecule has 204 valence electrons. The summed E-state index contributed by atoms with van der Waals surface area (Å²) in [6.45, 7) is 12.8. The quantitative estimate of drug-likeness (QED) is 0.282. The van der Waals surface area contributed by atoms with E-state index in [0.29, 0.717) is 11.1 Å². The molecule has 1 aliphatic carbocycles. The van der Waals surface area contributed by atoms with Crippen molar-refractivity contribution in [3.05, 3.63) is 93.9 Å². The Balaban J connectivity index is 1.53. The summed E-state index contributed by atoms with van der Waals surface area (Å²) >= 11 is 0. The number of para-hydroxylation sites is 1. The number of rotatable bonds is 6. The van der Waals surface area contributed by atoms with Crippen LogP contribution in [0, 0.1) is 6.92 Å². The van der Waals surface area contributed by atoms with Crippen LogP contribution in [0.2, 0.25) is 0 Å². The van der Waals surface area contributed by atoms with Gasteiger partial charge in [0.2, 0.25) is 11.5 Å². The highest BCUT2D eigenvalue weighted by Gasteiger charge is 2.46. The first-order valence-corrected chi connectivity index (χ1v) is 14.0. The molecule has 0 radical (unpaired) electrons. The molecule has 0 spiro atoms. The molecular formula is C34H43N3O2+2. The number of hydrogen-bond donors (Lipinski definition) is 1. The van der Waals surface area contributed by atoms with Crippen molar-refractivity contribution in [3.63, 3.8) is 0 Å². The van der Waals surface area contributed by atoms with Gasteiger partial charge in [-0.3, -0.25) is 4.79 Å². The van der Waals surface area contributed by atoms with Crippen LogP contribution in [0.3, 0.4) is 0 Å². The molecule has 39 heavy (non-hydrogen) atoms. The second-order valence-electron chi connectivity index (χ2n) is 13.4. The van der Waals surface area contributed by atoms with E-state index in [1.54, 1.807) is 0 Å². The van der Waals surface area contributed by atoms with E-state index in [1.165, 1.54) is 22.4 Å². The van der Waals surface area contributed by atoms with Gasteiger partial charge in [-0.15, -0.1) is 0 Å². The molecule has 2 heterocycles. The highest BCUT2D eigenvalue weighted by atomic mass is 16.3. The van der Waals surface area contributed by atoms with Crippen molar-refractivity contribution >= 4 is 22.9 Å². The lowest BCUT2D eigenvalue weighted by Crippen LogP contribution is -2.37. The molecule has 3 aliphatic rings. The molecule has 0 saturated carbocycles. The van der Waals surface area contributed by atoms with Gasteiger partial charge in [0.25, 0.3) is 0 Å². The second-order valence-corrected chi connectivity index (χ2v) is 13.4. The fourth-order valence-electron chi connectivity index (χ4n) is 6.44. The standard InChI is InChI=1S/C34H42N3O2/c1-22-15-16-28-26(19-22)34(4,5)30(36(28)17-12-18-37(7,8)9)21-24-31(38)23(32(24)39)20-29-33(2,3)25-13-10-11-14-27(25)35(29)6/h10-11,13-16,19-21H,12,17-18H2,1-9H3/q+1/p+1. The zero-order chi connectivity index (χ0) is 28.5. The SMILES string of the molecule is Cc1ccc2c(c1)C(C)(C)/C(=C/C1=C(O)C(=C/C3=[N+](C)c4ccccc4C3(C)C)/C1=O)N2CCC[N+](C)(C)C. The highest BCUT2D eigenvalue weighted by Crippen LogP contribution is 2.49. The molecule has 0 bridgehead atoms. The van der Waals surface area contributed by atoms with Gasteiger partial charge in [0.1, 0.15) is 12.8 Å². The minimum absolute atomic E-state index is 0.0920. The first kappa shape index (κ1) is 27.1. The average Bonchev–Trinajstić information content (AvgIpc) is 3.18. The lowest BCUT2D eigenvalue weighted by atomic mass is 9.77. The smallest absolute Gasteiger partial charge is 0.209 e. The molecule has 0 atom stereocenters. The number of fused-ring (bicyclic) bond motifs is 2. The van der Waals surface area contributed by atoms with Crippen molar-refractivity contribution in [2.75, 3.05) is 46.2 Å². The molecule has 2 aromatic rings. The molecule has 0 saturated heterocycles. The lowest BCUT2D eigenvalue weighted by Gasteiger charge is -2.30. The van der Waals surface area contributed by atoms with Gasteiger partial charge in [0.15, 0.2) is 5.71 Å². The number of carbonyl (C=O) groups excluding carboxylic acids is 1. The molecule has 0 amide bonds. The van der Waals surface area contributed by atoms with Gasteiger partial charge >= 0.3 is 0 Å². The van der Waals surface area contributed by atoms with Crippen LogP contribution >= 0.6 is 0 Å². The van der Waals surface area contributed by atoms with E-state index in [9.17, 15) is 9.90 Å². The molecule has 0 aromatic heterocycles. The Morgan fingerprint density at radius 2 is 1.67 bits per heavy atom. The molecule has 0 unspecified atom stereocenters. The van der Waals surface area contributed by atoms with Gasteiger partial charge in [-0.05, 0) is 38.5 Å². The summed E-state index contributed by atoms with van der Waals surface area (Å²) in [6, 6.07) is 14.9. The van der Waals surface area contributed by atoms with Crippen molar-refractivity contribution in [1.82, 2.24) is 0 Å². The van der Waals surface area contributed by atoms with Gasteiger partial charge in [0.05, 0.1) is 44.2 Å². The molecule has 2 aromatic carbocycles. The number of anilines is 1. The maximum atomic E-state index is 13.5. The van der Waals surface area contributed by atoms with E-state index in [4.69, 9.17) is 0 Å². The Morgan fingerprint density at radius 3 is 2.31 bits per heavy atom. The van der Waals surface area contributed by atoms with Crippen molar-refractivity contribution in [1.29, 1.82) is 0 Å². The number of benzene rings is 2. The summed E-state index contributed by atoms with van der Waals surface area (Å²) in [4.78, 5) is 15.9. The van der Waals surface area contributed by atoms with Crippen LogP contribution in [0.5, 0.6) is 0 Å². The van der Waals surface area contributed by atoms with E-state index in [1.807, 2.05) is 25.3 Å². The third kappa shape index (κ3) is 4.37. The second kappa shape index (κ2) is 9.06. The zero-order valence-corrected chi connectivity index (χ0v) is 25.0. The van der Waals surface area contributed by atoms with Crippen LogP contribution in [0.25, 0.3) is 0 Å². The van der Waals surface area contributed by atoms with E-state index in [0.717, 1.165) is 41.1 Å². The Bertz CT molecular complexity index is 1510. The molecule has 2 aliphatic heterocycles. The molecule has 0 fully saturated rings. The van der Waals surface area contributed by atoms with E-state index < -0.39 is 0 Å². The van der Waals surface area contributed by atoms with Gasteiger partial charge in [-0.2, -0.15) is 4.58 Å². The number of Topliss-reactive ketones (excluding diaryl/α,β-unsaturated/α-hetero) is 1. The van der Waals surface area contributed by atoms with Gasteiger partial charge in [-0.1, -0.05) is 49.7 Å². The number of nitrogens with zero attached hydrogens (tertiary/aromatic N) is 3. The zero-order valence-electron chi connectivity index (χ0n) is 25.0. The normalized spacial score (nSPS) is 21.7. The minimum atomic E-state index is -0.283. The van der Waals surface area contributed by atoms with Gasteiger partial charge < -0.3 is 14.5 Å². The Kier molecular flexibility index (Phi) is 6.30.